The molecule has 1 fully saturated rings. The van der Waals surface area contributed by atoms with Crippen LogP contribution in [0.25, 0.3) is 22.0 Å². The Hall–Kier alpha value is -4.60. The van der Waals surface area contributed by atoms with Crippen LogP contribution in [-0.2, 0) is 18.4 Å². The van der Waals surface area contributed by atoms with E-state index in [1.807, 2.05) is 58.5 Å². The van der Waals surface area contributed by atoms with Crippen molar-refractivity contribution in [3.63, 3.8) is 0 Å². The molecule has 0 unspecified atom stereocenters. The van der Waals surface area contributed by atoms with Crippen LogP contribution in [0.2, 0.25) is 0 Å². The van der Waals surface area contributed by atoms with Crippen LogP contribution in [0.1, 0.15) is 35.2 Å². The maximum absolute atomic E-state index is 13.7. The molecule has 1 aromatic heterocycles. The molecule has 8 nitrogen and oxygen atoms in total. The summed E-state index contributed by atoms with van der Waals surface area (Å²) in [7, 11) is 1.91. The molecular formula is C31H31F2N5O3. The molecule has 41 heavy (non-hydrogen) atoms. The summed E-state index contributed by atoms with van der Waals surface area (Å²) in [6.07, 6.45) is 1.70. The molecule has 0 aliphatic carbocycles. The van der Waals surface area contributed by atoms with Crippen LogP contribution in [-0.4, -0.2) is 58.5 Å². The third-order valence-corrected chi connectivity index (χ3v) is 7.36. The second-order valence-electron chi connectivity index (χ2n) is 10.1. The van der Waals surface area contributed by atoms with Crippen LogP contribution in [0.4, 0.5) is 19.3 Å². The average Bonchev–Trinajstić information content (AvgIpc) is 3.38. The molecule has 3 aromatic carbocycles. The Morgan fingerprint density at radius 2 is 1.61 bits per heavy atom. The van der Waals surface area contributed by atoms with Crippen LogP contribution in [0.15, 0.2) is 72.9 Å². The second-order valence-corrected chi connectivity index (χ2v) is 10.1. The minimum atomic E-state index is -3.17. The van der Waals surface area contributed by atoms with Gasteiger partial charge in [-0.05, 0) is 54.2 Å². The number of nitrogens with zero attached hydrogens (tertiary/aromatic N) is 4. The van der Waals surface area contributed by atoms with Gasteiger partial charge < -0.3 is 10.2 Å². The zero-order valence-electron chi connectivity index (χ0n) is 22.7. The third kappa shape index (κ3) is 6.42. The van der Waals surface area contributed by atoms with Gasteiger partial charge in [0, 0.05) is 36.8 Å². The number of rotatable bonds is 8. The zero-order chi connectivity index (χ0) is 28.9. The van der Waals surface area contributed by atoms with Gasteiger partial charge in [0.2, 0.25) is 0 Å². The highest BCUT2D eigenvalue weighted by atomic mass is 19.3. The van der Waals surface area contributed by atoms with E-state index in [0.717, 1.165) is 52.5 Å². The number of alkyl halides is 2. The number of aryl methyl sites for hydroxylation is 1. The second kappa shape index (κ2) is 12.3. The molecule has 5 rings (SSSR count). The maximum atomic E-state index is 13.7. The number of amides is 3. The molecule has 0 saturated carbocycles. The number of halogens is 2. The van der Waals surface area contributed by atoms with Crippen molar-refractivity contribution in [2.24, 2.45) is 7.05 Å². The van der Waals surface area contributed by atoms with Gasteiger partial charge >= 0.3 is 12.5 Å². The number of aromatic nitrogens is 2. The lowest BCUT2D eigenvalue weighted by molar-refractivity contribution is -0.131. The number of urea groups is 1. The van der Waals surface area contributed by atoms with Crippen LogP contribution in [0.5, 0.6) is 0 Å². The van der Waals surface area contributed by atoms with Gasteiger partial charge in [0.1, 0.15) is 0 Å². The SMILES string of the molecule is Cn1ncc2ccc(-c3ccc(N(Cc4ccc(C(=O)CNC(=O)C(F)F)cc4)C(=O)N4CCCCC4)cc3)cc21. The quantitative estimate of drug-likeness (QED) is 0.292. The van der Waals surface area contributed by atoms with E-state index in [-0.39, 0.29) is 18.1 Å². The Bertz CT molecular complexity index is 1540. The molecule has 0 bridgehead atoms. The van der Waals surface area contributed by atoms with Crippen molar-refractivity contribution in [2.45, 2.75) is 32.2 Å². The average molecular weight is 560 g/mol. The van der Waals surface area contributed by atoms with Gasteiger partial charge in [-0.3, -0.25) is 19.2 Å². The Morgan fingerprint density at radius 1 is 0.927 bits per heavy atom. The lowest BCUT2D eigenvalue weighted by Crippen LogP contribution is -2.45. The number of nitrogens with one attached hydrogen (secondary N) is 1. The van der Waals surface area contributed by atoms with Crippen molar-refractivity contribution in [3.8, 4) is 11.1 Å². The van der Waals surface area contributed by atoms with Crippen molar-refractivity contribution in [2.75, 3.05) is 24.5 Å². The molecule has 0 radical (unpaired) electrons. The van der Waals surface area contributed by atoms with E-state index in [1.165, 1.54) is 0 Å². The number of piperidine rings is 1. The normalized spacial score (nSPS) is 13.4. The first-order chi connectivity index (χ1) is 19.8. The highest BCUT2D eigenvalue weighted by Crippen LogP contribution is 2.28. The summed E-state index contributed by atoms with van der Waals surface area (Å²) in [6, 6.07) is 20.6. The Morgan fingerprint density at radius 3 is 2.29 bits per heavy atom. The fourth-order valence-corrected chi connectivity index (χ4v) is 5.01. The lowest BCUT2D eigenvalue weighted by Gasteiger charge is -2.33. The monoisotopic (exact) mass is 559 g/mol. The van der Waals surface area contributed by atoms with Crippen molar-refractivity contribution < 1.29 is 23.2 Å². The molecule has 2 heterocycles. The summed E-state index contributed by atoms with van der Waals surface area (Å²) in [4.78, 5) is 40.7. The zero-order valence-corrected chi connectivity index (χ0v) is 22.7. The van der Waals surface area contributed by atoms with Gasteiger partial charge in [-0.1, -0.05) is 48.5 Å². The highest BCUT2D eigenvalue weighted by molar-refractivity contribution is 5.99. The van der Waals surface area contributed by atoms with Gasteiger partial charge in [-0.2, -0.15) is 13.9 Å². The van der Waals surface area contributed by atoms with Crippen LogP contribution in [0.3, 0.4) is 0 Å². The highest BCUT2D eigenvalue weighted by Gasteiger charge is 2.24. The van der Waals surface area contributed by atoms with E-state index in [4.69, 9.17) is 0 Å². The van der Waals surface area contributed by atoms with E-state index in [0.29, 0.717) is 13.1 Å². The van der Waals surface area contributed by atoms with Gasteiger partial charge in [0.25, 0.3) is 5.91 Å². The number of benzene rings is 3. The van der Waals surface area contributed by atoms with Gasteiger partial charge in [-0.25, -0.2) is 4.79 Å². The molecule has 0 atom stereocenters. The largest absolute Gasteiger partial charge is 0.344 e. The number of Topliss-reactive ketones (excluding diaryl/α,β-unsaturated/α-hetero) is 1. The molecule has 212 valence electrons. The topological polar surface area (TPSA) is 87.5 Å². The number of likely N-dealkylation sites (tertiary alicyclic amines) is 1. The van der Waals surface area contributed by atoms with E-state index < -0.39 is 24.7 Å². The van der Waals surface area contributed by atoms with Gasteiger partial charge in [0.15, 0.2) is 5.78 Å². The molecular weight excluding hydrogens is 528 g/mol. The van der Waals surface area contributed by atoms with Crippen molar-refractivity contribution in [1.29, 1.82) is 0 Å². The first kappa shape index (κ1) is 27.9. The van der Waals surface area contributed by atoms with E-state index in [1.54, 1.807) is 29.2 Å². The number of ketones is 1. The molecule has 1 aliphatic rings. The number of hydrogen-bond donors (Lipinski definition) is 1. The Labute approximate surface area is 236 Å². The molecule has 3 amide bonds. The van der Waals surface area contributed by atoms with Crippen molar-refractivity contribution in [1.82, 2.24) is 20.0 Å². The van der Waals surface area contributed by atoms with Crippen molar-refractivity contribution in [3.05, 3.63) is 84.1 Å². The molecule has 1 aliphatic heterocycles. The molecule has 1 saturated heterocycles. The van der Waals surface area contributed by atoms with E-state index in [9.17, 15) is 23.2 Å². The summed E-state index contributed by atoms with van der Waals surface area (Å²) in [5.74, 6) is -1.96. The molecule has 10 heteroatoms. The van der Waals surface area contributed by atoms with Crippen LogP contribution >= 0.6 is 0 Å². The fourth-order valence-electron chi connectivity index (χ4n) is 5.01. The smallest absolute Gasteiger partial charge is 0.324 e. The summed E-state index contributed by atoms with van der Waals surface area (Å²) >= 11 is 0. The maximum Gasteiger partial charge on any atom is 0.324 e. The standard InChI is InChI=1S/C31H31F2N5O3/c1-36-27-17-24(9-10-25(27)18-35-36)22-11-13-26(14-12-22)38(31(41)37-15-3-2-4-16-37)20-21-5-7-23(8-6-21)28(39)19-34-30(40)29(32)33/h5-14,17-18,29H,2-4,15-16,19-20H2,1H3,(H,34,40). The molecule has 4 aromatic rings. The van der Waals surface area contributed by atoms with Crippen LogP contribution < -0.4 is 10.2 Å². The van der Waals surface area contributed by atoms with Crippen molar-refractivity contribution >= 4 is 34.3 Å². The van der Waals surface area contributed by atoms with Crippen LogP contribution in [0, 0.1) is 0 Å². The number of fused-ring (bicyclic) bond motifs is 1. The number of hydrogen-bond acceptors (Lipinski definition) is 4. The Balaban J connectivity index is 1.35. The minimum Gasteiger partial charge on any atom is -0.344 e. The van der Waals surface area contributed by atoms with Gasteiger partial charge in [-0.15, -0.1) is 0 Å². The predicted molar refractivity (Wildman–Crippen MR) is 153 cm³/mol. The predicted octanol–water partition coefficient (Wildman–Crippen LogP) is 5.42. The summed E-state index contributed by atoms with van der Waals surface area (Å²) in [6.45, 7) is 1.18. The molecule has 0 spiro atoms. The summed E-state index contributed by atoms with van der Waals surface area (Å²) in [5.41, 5.74) is 4.93. The van der Waals surface area contributed by atoms with E-state index in [2.05, 4.69) is 17.2 Å². The summed E-state index contributed by atoms with van der Waals surface area (Å²) < 4.78 is 26.6. The third-order valence-electron chi connectivity index (χ3n) is 7.36. The van der Waals surface area contributed by atoms with E-state index >= 15 is 0 Å². The summed E-state index contributed by atoms with van der Waals surface area (Å²) in [5, 5.41) is 7.31. The number of anilines is 1. The lowest BCUT2D eigenvalue weighted by atomic mass is 10.0. The Kier molecular flexibility index (Phi) is 8.37. The molecule has 1 N–H and O–H groups in total. The minimum absolute atomic E-state index is 0.0800. The van der Waals surface area contributed by atoms with Gasteiger partial charge in [0.05, 0.1) is 24.8 Å². The number of carbonyl (C=O) groups excluding carboxylic acids is 3. The first-order valence-electron chi connectivity index (χ1n) is 13.6. The fraction of sp³-hybridized carbons (Fsp3) is 0.290. The number of carbonyl (C=O) groups is 3. The first-order valence-corrected chi connectivity index (χ1v) is 13.6.